The van der Waals surface area contributed by atoms with Crippen molar-refractivity contribution < 1.29 is 0 Å². The number of hydrogen-bond donors (Lipinski definition) is 0. The topological polar surface area (TPSA) is 57.4 Å². The second-order valence-electron chi connectivity index (χ2n) is 10.0. The summed E-state index contributed by atoms with van der Waals surface area (Å²) < 4.78 is 4.43. The van der Waals surface area contributed by atoms with Crippen LogP contribution in [-0.4, -0.2) is 9.13 Å². The van der Waals surface area contributed by atoms with Gasteiger partial charge in [0.1, 0.15) is 12.1 Å². The number of nitriles is 2. The Morgan fingerprint density at radius 3 is 1.62 bits per heavy atom. The van der Waals surface area contributed by atoms with Crippen LogP contribution in [0.4, 0.5) is 0 Å². The summed E-state index contributed by atoms with van der Waals surface area (Å²) in [5.74, 6) is 0. The highest BCUT2D eigenvalue weighted by Gasteiger charge is 2.21. The lowest BCUT2D eigenvalue weighted by molar-refractivity contribution is 1.15. The largest absolute Gasteiger partial charge is 0.309 e. The first-order valence-electron chi connectivity index (χ1n) is 13.2. The Morgan fingerprint density at radius 2 is 0.975 bits per heavy atom. The van der Waals surface area contributed by atoms with E-state index in [-0.39, 0.29) is 0 Å². The molecule has 4 nitrogen and oxygen atoms in total. The Balaban J connectivity index is 1.55. The number of para-hydroxylation sites is 3. The van der Waals surface area contributed by atoms with Gasteiger partial charge in [-0.15, -0.1) is 0 Å². The highest BCUT2D eigenvalue weighted by Crippen LogP contribution is 2.40. The van der Waals surface area contributed by atoms with Gasteiger partial charge in [0.15, 0.2) is 0 Å². The molecule has 184 valence electrons. The van der Waals surface area contributed by atoms with Gasteiger partial charge in [-0.2, -0.15) is 10.5 Å². The molecule has 6 aromatic carbocycles. The first kappa shape index (κ1) is 22.2. The Morgan fingerprint density at radius 1 is 0.425 bits per heavy atom. The highest BCUT2D eigenvalue weighted by atomic mass is 15.0. The summed E-state index contributed by atoms with van der Waals surface area (Å²) in [6.45, 7) is 0. The highest BCUT2D eigenvalue weighted by molar-refractivity contribution is 6.19. The zero-order valence-corrected chi connectivity index (χ0v) is 21.3. The summed E-state index contributed by atoms with van der Waals surface area (Å²) >= 11 is 0. The monoisotopic (exact) mass is 508 g/mol. The van der Waals surface area contributed by atoms with Gasteiger partial charge in [0.05, 0.1) is 38.9 Å². The molecule has 8 aromatic rings. The fraction of sp³-hybridized carbons (Fsp3) is 0. The van der Waals surface area contributed by atoms with Gasteiger partial charge in [0.25, 0.3) is 0 Å². The van der Waals surface area contributed by atoms with E-state index < -0.39 is 0 Å². The van der Waals surface area contributed by atoms with Crippen molar-refractivity contribution in [2.75, 3.05) is 0 Å². The standard InChI is InChI=1S/C36H20N4/c37-21-25-10-7-11-26(22-38)36(25)40-33-15-6-4-13-29(33)31-19-34-30(20-35(31)40)28-12-3-5-14-32(28)39(34)27-17-16-23-8-1-2-9-24(23)18-27/h1-20H. The van der Waals surface area contributed by atoms with Crippen molar-refractivity contribution in [3.63, 3.8) is 0 Å². The minimum absolute atomic E-state index is 0.473. The van der Waals surface area contributed by atoms with Crippen LogP contribution in [0.1, 0.15) is 11.1 Å². The minimum Gasteiger partial charge on any atom is -0.309 e. The molecule has 2 heterocycles. The molecule has 0 aliphatic carbocycles. The van der Waals surface area contributed by atoms with Gasteiger partial charge in [-0.05, 0) is 59.3 Å². The van der Waals surface area contributed by atoms with Crippen molar-refractivity contribution in [2.24, 2.45) is 0 Å². The van der Waals surface area contributed by atoms with Gasteiger partial charge >= 0.3 is 0 Å². The molecule has 0 aliphatic rings. The van der Waals surface area contributed by atoms with E-state index in [2.05, 4.69) is 112 Å². The van der Waals surface area contributed by atoms with Crippen molar-refractivity contribution in [3.05, 3.63) is 132 Å². The predicted molar refractivity (Wildman–Crippen MR) is 162 cm³/mol. The molecule has 4 heteroatoms. The molecule has 0 unspecified atom stereocenters. The second kappa shape index (κ2) is 8.33. The normalized spacial score (nSPS) is 11.4. The number of hydrogen-bond acceptors (Lipinski definition) is 2. The van der Waals surface area contributed by atoms with Gasteiger partial charge in [-0.25, -0.2) is 0 Å². The van der Waals surface area contributed by atoms with Gasteiger partial charge in [-0.1, -0.05) is 72.8 Å². The molecule has 0 spiro atoms. The van der Waals surface area contributed by atoms with E-state index in [0.29, 0.717) is 16.8 Å². The Bertz CT molecular complexity index is 2370. The predicted octanol–water partition coefficient (Wildman–Crippen LogP) is 8.78. The second-order valence-corrected chi connectivity index (χ2v) is 10.0. The average molecular weight is 509 g/mol. The number of rotatable bonds is 2. The van der Waals surface area contributed by atoms with Gasteiger partial charge in [-0.3, -0.25) is 0 Å². The number of nitrogens with zero attached hydrogens (tertiary/aromatic N) is 4. The number of benzene rings is 6. The van der Waals surface area contributed by atoms with Crippen molar-refractivity contribution in [1.82, 2.24) is 9.13 Å². The first-order chi connectivity index (χ1) is 19.8. The Hall–Kier alpha value is -5.84. The van der Waals surface area contributed by atoms with Crippen molar-refractivity contribution >= 4 is 54.4 Å². The van der Waals surface area contributed by atoms with Crippen LogP contribution in [0.15, 0.2) is 121 Å². The van der Waals surface area contributed by atoms with Crippen molar-refractivity contribution in [1.29, 1.82) is 10.5 Å². The molecule has 0 radical (unpaired) electrons. The third-order valence-corrected chi connectivity index (χ3v) is 7.96. The zero-order chi connectivity index (χ0) is 26.8. The maximum Gasteiger partial charge on any atom is 0.101 e. The maximum atomic E-state index is 10.0. The number of aromatic nitrogens is 2. The van der Waals surface area contributed by atoms with Crippen molar-refractivity contribution in [2.45, 2.75) is 0 Å². The van der Waals surface area contributed by atoms with Crippen LogP contribution in [0.5, 0.6) is 0 Å². The van der Waals surface area contributed by atoms with E-state index in [4.69, 9.17) is 0 Å². The van der Waals surface area contributed by atoms with E-state index in [1.165, 1.54) is 10.8 Å². The molecular weight excluding hydrogens is 488 g/mol. The Labute approximate surface area is 229 Å². The van der Waals surface area contributed by atoms with Gasteiger partial charge < -0.3 is 9.13 Å². The summed E-state index contributed by atoms with van der Waals surface area (Å²) in [7, 11) is 0. The van der Waals surface area contributed by atoms with E-state index in [0.717, 1.165) is 49.3 Å². The van der Waals surface area contributed by atoms with Crippen LogP contribution in [-0.2, 0) is 0 Å². The van der Waals surface area contributed by atoms with Crippen LogP contribution in [0.25, 0.3) is 65.8 Å². The summed E-state index contributed by atoms with van der Waals surface area (Å²) in [6.07, 6.45) is 0. The first-order valence-corrected chi connectivity index (χ1v) is 13.2. The molecule has 40 heavy (non-hydrogen) atoms. The van der Waals surface area contributed by atoms with Gasteiger partial charge in [0, 0.05) is 27.2 Å². The molecule has 0 fully saturated rings. The van der Waals surface area contributed by atoms with Crippen LogP contribution < -0.4 is 0 Å². The van der Waals surface area contributed by atoms with E-state index in [1.54, 1.807) is 18.2 Å². The molecule has 0 N–H and O–H groups in total. The van der Waals surface area contributed by atoms with Crippen molar-refractivity contribution in [3.8, 4) is 23.5 Å². The molecule has 2 aromatic heterocycles. The third-order valence-electron chi connectivity index (χ3n) is 7.96. The number of fused-ring (bicyclic) bond motifs is 7. The summed E-state index contributed by atoms with van der Waals surface area (Å²) in [6, 6.07) is 46.2. The summed E-state index contributed by atoms with van der Waals surface area (Å²) in [4.78, 5) is 0. The molecule has 0 aliphatic heterocycles. The van der Waals surface area contributed by atoms with E-state index in [1.807, 2.05) is 12.1 Å². The summed E-state index contributed by atoms with van der Waals surface area (Å²) in [5.41, 5.74) is 6.85. The lowest BCUT2D eigenvalue weighted by Gasteiger charge is -2.12. The SMILES string of the molecule is N#Cc1cccc(C#N)c1-n1c2ccccc2c2cc3c(cc21)c1ccccc1n3-c1ccc2ccccc2c1. The molecule has 0 saturated carbocycles. The smallest absolute Gasteiger partial charge is 0.101 e. The molecular formula is C36H20N4. The van der Waals surface area contributed by atoms with E-state index in [9.17, 15) is 10.5 Å². The average Bonchev–Trinajstić information content (AvgIpc) is 3.51. The third kappa shape index (κ3) is 2.99. The maximum absolute atomic E-state index is 10.0. The lowest BCUT2D eigenvalue weighted by atomic mass is 10.1. The fourth-order valence-corrected chi connectivity index (χ4v) is 6.23. The quantitative estimate of drug-likeness (QED) is 0.234. The molecule has 0 saturated heterocycles. The van der Waals surface area contributed by atoms with Crippen LogP contribution >= 0.6 is 0 Å². The Kier molecular flexibility index (Phi) is 4.62. The molecule has 0 bridgehead atoms. The zero-order valence-electron chi connectivity index (χ0n) is 21.3. The van der Waals surface area contributed by atoms with Gasteiger partial charge in [0.2, 0.25) is 0 Å². The fourth-order valence-electron chi connectivity index (χ4n) is 6.23. The molecule has 0 atom stereocenters. The van der Waals surface area contributed by atoms with Crippen LogP contribution in [0.2, 0.25) is 0 Å². The van der Waals surface area contributed by atoms with E-state index >= 15 is 0 Å². The molecule has 0 amide bonds. The van der Waals surface area contributed by atoms with Crippen LogP contribution in [0.3, 0.4) is 0 Å². The minimum atomic E-state index is 0.473. The van der Waals surface area contributed by atoms with Crippen LogP contribution in [0, 0.1) is 22.7 Å². The lowest BCUT2D eigenvalue weighted by Crippen LogP contribution is -2.01. The summed E-state index contributed by atoms with van der Waals surface area (Å²) in [5, 5.41) is 26.9. The molecule has 8 rings (SSSR count).